The molecule has 0 amide bonds. The topological polar surface area (TPSA) is 54.7 Å². The Morgan fingerprint density at radius 2 is 1.93 bits per heavy atom. The molecule has 78 valence electrons. The van der Waals surface area contributed by atoms with Gasteiger partial charge in [0.1, 0.15) is 5.82 Å². The molecule has 15 heavy (non-hydrogen) atoms. The van der Waals surface area contributed by atoms with Crippen LogP contribution in [0.5, 0.6) is 0 Å². The standard InChI is InChI=1S/C9H6BrF2N3/c10-6-2-1-4(7(11)8(6)12)5-3-14-15-9(5)13/h1-3H,(H3,13,14,15). The molecule has 0 fully saturated rings. The van der Waals surface area contributed by atoms with Gasteiger partial charge in [0.05, 0.1) is 10.7 Å². The molecule has 0 aliphatic heterocycles. The lowest BCUT2D eigenvalue weighted by Gasteiger charge is -2.03. The summed E-state index contributed by atoms with van der Waals surface area (Å²) in [7, 11) is 0. The van der Waals surface area contributed by atoms with Gasteiger partial charge in [-0.05, 0) is 28.1 Å². The van der Waals surface area contributed by atoms with Crippen molar-refractivity contribution < 1.29 is 8.78 Å². The molecular weight excluding hydrogens is 268 g/mol. The van der Waals surface area contributed by atoms with E-state index in [0.717, 1.165) is 0 Å². The Labute approximate surface area is 92.4 Å². The van der Waals surface area contributed by atoms with E-state index in [-0.39, 0.29) is 15.9 Å². The molecule has 0 unspecified atom stereocenters. The Morgan fingerprint density at radius 3 is 2.53 bits per heavy atom. The monoisotopic (exact) mass is 273 g/mol. The largest absolute Gasteiger partial charge is 0.384 e. The first-order valence-corrected chi connectivity index (χ1v) is 4.83. The number of nitrogen functional groups attached to an aromatic ring is 1. The lowest BCUT2D eigenvalue weighted by molar-refractivity contribution is 0.507. The Kier molecular flexibility index (Phi) is 2.44. The third kappa shape index (κ3) is 1.61. The van der Waals surface area contributed by atoms with Crippen LogP contribution in [0.3, 0.4) is 0 Å². The normalized spacial score (nSPS) is 10.6. The van der Waals surface area contributed by atoms with Crippen molar-refractivity contribution in [2.75, 3.05) is 5.73 Å². The Bertz CT molecular complexity index is 510. The van der Waals surface area contributed by atoms with Gasteiger partial charge in [-0.25, -0.2) is 8.78 Å². The molecule has 0 radical (unpaired) electrons. The van der Waals surface area contributed by atoms with Crippen LogP contribution in [-0.2, 0) is 0 Å². The lowest BCUT2D eigenvalue weighted by atomic mass is 10.1. The van der Waals surface area contributed by atoms with Crippen LogP contribution in [0.1, 0.15) is 0 Å². The molecule has 2 aromatic rings. The van der Waals surface area contributed by atoms with Crippen molar-refractivity contribution in [1.82, 2.24) is 10.2 Å². The lowest BCUT2D eigenvalue weighted by Crippen LogP contribution is -1.93. The quantitative estimate of drug-likeness (QED) is 0.785. The van der Waals surface area contributed by atoms with E-state index in [9.17, 15) is 8.78 Å². The Hall–Kier alpha value is -1.43. The van der Waals surface area contributed by atoms with E-state index >= 15 is 0 Å². The zero-order chi connectivity index (χ0) is 11.0. The van der Waals surface area contributed by atoms with Gasteiger partial charge < -0.3 is 5.73 Å². The van der Waals surface area contributed by atoms with Crippen molar-refractivity contribution in [3.8, 4) is 11.1 Å². The highest BCUT2D eigenvalue weighted by molar-refractivity contribution is 9.10. The number of hydrogen-bond donors (Lipinski definition) is 2. The summed E-state index contributed by atoms with van der Waals surface area (Å²) in [6.07, 6.45) is 1.35. The predicted molar refractivity (Wildman–Crippen MR) is 56.1 cm³/mol. The molecule has 0 atom stereocenters. The first-order valence-electron chi connectivity index (χ1n) is 4.04. The van der Waals surface area contributed by atoms with Gasteiger partial charge in [0, 0.05) is 11.1 Å². The number of aromatic nitrogens is 2. The van der Waals surface area contributed by atoms with Gasteiger partial charge in [-0.3, -0.25) is 5.10 Å². The number of H-pyrrole nitrogens is 1. The van der Waals surface area contributed by atoms with Crippen molar-refractivity contribution in [2.24, 2.45) is 0 Å². The smallest absolute Gasteiger partial charge is 0.173 e. The van der Waals surface area contributed by atoms with E-state index in [1.54, 1.807) is 0 Å². The summed E-state index contributed by atoms with van der Waals surface area (Å²) < 4.78 is 26.8. The van der Waals surface area contributed by atoms with E-state index in [0.29, 0.717) is 5.56 Å². The molecule has 3 N–H and O–H groups in total. The second-order valence-electron chi connectivity index (χ2n) is 2.92. The van der Waals surface area contributed by atoms with Gasteiger partial charge in [0.15, 0.2) is 11.6 Å². The summed E-state index contributed by atoms with van der Waals surface area (Å²) in [4.78, 5) is 0. The summed E-state index contributed by atoms with van der Waals surface area (Å²) in [6, 6.07) is 2.85. The Balaban J connectivity index is 2.65. The molecule has 1 aromatic carbocycles. The van der Waals surface area contributed by atoms with Crippen molar-refractivity contribution in [3.63, 3.8) is 0 Å². The number of halogens is 3. The van der Waals surface area contributed by atoms with Crippen LogP contribution in [0.15, 0.2) is 22.8 Å². The van der Waals surface area contributed by atoms with Crippen LogP contribution in [0.4, 0.5) is 14.6 Å². The number of benzene rings is 1. The van der Waals surface area contributed by atoms with Crippen LogP contribution in [-0.4, -0.2) is 10.2 Å². The third-order valence-corrected chi connectivity index (χ3v) is 2.61. The van der Waals surface area contributed by atoms with Crippen LogP contribution in [0.25, 0.3) is 11.1 Å². The fraction of sp³-hybridized carbons (Fsp3) is 0. The van der Waals surface area contributed by atoms with Crippen molar-refractivity contribution >= 4 is 21.7 Å². The van der Waals surface area contributed by atoms with Crippen molar-refractivity contribution in [3.05, 3.63) is 34.4 Å². The molecular formula is C9H6BrF2N3. The van der Waals surface area contributed by atoms with Gasteiger partial charge in [-0.2, -0.15) is 5.10 Å². The van der Waals surface area contributed by atoms with Gasteiger partial charge >= 0.3 is 0 Å². The summed E-state index contributed by atoms with van der Waals surface area (Å²) in [5, 5.41) is 6.10. The van der Waals surface area contributed by atoms with E-state index in [1.807, 2.05) is 0 Å². The Morgan fingerprint density at radius 1 is 1.20 bits per heavy atom. The van der Waals surface area contributed by atoms with E-state index in [1.165, 1.54) is 18.3 Å². The fourth-order valence-corrected chi connectivity index (χ4v) is 1.55. The SMILES string of the molecule is Nc1[nH]ncc1-c1ccc(Br)c(F)c1F. The molecule has 3 nitrogen and oxygen atoms in total. The first kappa shape index (κ1) is 10.1. The number of nitrogens with two attached hydrogens (primary N) is 1. The second kappa shape index (κ2) is 3.62. The number of hydrogen-bond acceptors (Lipinski definition) is 2. The third-order valence-electron chi connectivity index (χ3n) is 1.99. The second-order valence-corrected chi connectivity index (χ2v) is 3.77. The van der Waals surface area contributed by atoms with Crippen LogP contribution in [0, 0.1) is 11.6 Å². The molecule has 0 bridgehead atoms. The zero-order valence-electron chi connectivity index (χ0n) is 7.39. The number of aromatic amines is 1. The van der Waals surface area contributed by atoms with E-state index in [2.05, 4.69) is 26.1 Å². The van der Waals surface area contributed by atoms with Gasteiger partial charge in [-0.1, -0.05) is 0 Å². The van der Waals surface area contributed by atoms with Crippen molar-refractivity contribution in [1.29, 1.82) is 0 Å². The molecule has 0 aliphatic carbocycles. The summed E-state index contributed by atoms with van der Waals surface area (Å²) in [5.41, 5.74) is 5.94. The molecule has 0 spiro atoms. The van der Waals surface area contributed by atoms with Crippen LogP contribution < -0.4 is 5.73 Å². The molecule has 0 aliphatic rings. The minimum absolute atomic E-state index is 0.0748. The zero-order valence-corrected chi connectivity index (χ0v) is 8.98. The van der Waals surface area contributed by atoms with E-state index < -0.39 is 11.6 Å². The highest BCUT2D eigenvalue weighted by Crippen LogP contribution is 2.30. The van der Waals surface area contributed by atoms with Crippen molar-refractivity contribution in [2.45, 2.75) is 0 Å². The molecule has 2 rings (SSSR count). The average molecular weight is 274 g/mol. The number of nitrogens with zero attached hydrogens (tertiary/aromatic N) is 1. The van der Waals surface area contributed by atoms with E-state index in [4.69, 9.17) is 5.73 Å². The average Bonchev–Trinajstić information content (AvgIpc) is 2.62. The molecule has 0 saturated carbocycles. The minimum Gasteiger partial charge on any atom is -0.384 e. The highest BCUT2D eigenvalue weighted by atomic mass is 79.9. The molecule has 1 aromatic heterocycles. The van der Waals surface area contributed by atoms with Crippen LogP contribution in [0.2, 0.25) is 0 Å². The predicted octanol–water partition coefficient (Wildman–Crippen LogP) is 2.70. The van der Waals surface area contributed by atoms with Gasteiger partial charge in [0.25, 0.3) is 0 Å². The first-order chi connectivity index (χ1) is 7.11. The minimum atomic E-state index is -0.947. The highest BCUT2D eigenvalue weighted by Gasteiger charge is 2.15. The van der Waals surface area contributed by atoms with Crippen LogP contribution >= 0.6 is 15.9 Å². The summed E-state index contributed by atoms with van der Waals surface area (Å²) in [5.74, 6) is -1.68. The maximum absolute atomic E-state index is 13.5. The molecule has 0 saturated heterocycles. The molecule has 1 heterocycles. The van der Waals surface area contributed by atoms with Gasteiger partial charge in [0.2, 0.25) is 0 Å². The number of rotatable bonds is 1. The maximum atomic E-state index is 13.5. The maximum Gasteiger partial charge on any atom is 0.173 e. The van der Waals surface area contributed by atoms with Gasteiger partial charge in [-0.15, -0.1) is 0 Å². The number of nitrogens with one attached hydrogen (secondary N) is 1. The fourth-order valence-electron chi connectivity index (χ4n) is 1.24. The molecule has 6 heteroatoms. The summed E-state index contributed by atoms with van der Waals surface area (Å²) >= 11 is 2.89. The summed E-state index contributed by atoms with van der Waals surface area (Å²) in [6.45, 7) is 0. The number of anilines is 1.